The molecule has 0 spiro atoms. The van der Waals surface area contributed by atoms with Crippen molar-refractivity contribution in [2.24, 2.45) is 0 Å². The smallest absolute Gasteiger partial charge is 0.253 e. The number of halogens is 1. The number of aromatic nitrogens is 1. The highest BCUT2D eigenvalue weighted by Crippen LogP contribution is 2.29. The molecule has 25 heavy (non-hydrogen) atoms. The minimum absolute atomic E-state index is 0.121. The highest BCUT2D eigenvalue weighted by atomic mass is 35.5. The number of pyridine rings is 1. The fourth-order valence-electron chi connectivity index (χ4n) is 2.97. The van der Waals surface area contributed by atoms with Crippen LogP contribution in [0.15, 0.2) is 42.5 Å². The van der Waals surface area contributed by atoms with Crippen molar-refractivity contribution in [2.75, 3.05) is 0 Å². The van der Waals surface area contributed by atoms with Gasteiger partial charge in [-0.3, -0.25) is 4.79 Å². The molecule has 0 unspecified atom stereocenters. The van der Waals surface area contributed by atoms with Crippen LogP contribution in [0.2, 0.25) is 0 Å². The fraction of sp³-hybridized carbons (Fsp3) is 0.238. The molecule has 0 atom stereocenters. The lowest BCUT2D eigenvalue weighted by atomic mass is 10.0. The van der Waals surface area contributed by atoms with Gasteiger partial charge in [0.2, 0.25) is 0 Å². The number of ether oxygens (including phenoxy) is 1. The standard InChI is InChI=1S/C21H20ClNO2/c1-12(2)25-16-7-5-15(6-8-16)19-11-18(21(22)24)17-10-13(3)9-14(4)20(17)23-19/h5-12H,1-4H3. The largest absolute Gasteiger partial charge is 0.491 e. The first-order valence-electron chi connectivity index (χ1n) is 8.24. The molecule has 0 aliphatic carbocycles. The van der Waals surface area contributed by atoms with E-state index in [4.69, 9.17) is 21.3 Å². The van der Waals surface area contributed by atoms with Gasteiger partial charge in [0.25, 0.3) is 5.24 Å². The molecule has 2 aromatic carbocycles. The Morgan fingerprint density at radius 3 is 2.36 bits per heavy atom. The first-order chi connectivity index (χ1) is 11.8. The van der Waals surface area contributed by atoms with E-state index >= 15 is 0 Å². The van der Waals surface area contributed by atoms with E-state index in [1.165, 1.54) is 0 Å². The summed E-state index contributed by atoms with van der Waals surface area (Å²) in [4.78, 5) is 16.7. The number of benzene rings is 2. The van der Waals surface area contributed by atoms with Crippen molar-refractivity contribution < 1.29 is 9.53 Å². The minimum atomic E-state index is -0.474. The highest BCUT2D eigenvalue weighted by molar-refractivity contribution is 6.68. The van der Waals surface area contributed by atoms with Gasteiger partial charge in [-0.2, -0.15) is 0 Å². The third kappa shape index (κ3) is 3.67. The Morgan fingerprint density at radius 2 is 1.76 bits per heavy atom. The van der Waals surface area contributed by atoms with Crippen molar-refractivity contribution in [3.05, 3.63) is 59.2 Å². The second-order valence-electron chi connectivity index (χ2n) is 6.50. The maximum Gasteiger partial charge on any atom is 0.253 e. The van der Waals surface area contributed by atoms with E-state index in [1.54, 1.807) is 6.07 Å². The topological polar surface area (TPSA) is 39.2 Å². The van der Waals surface area contributed by atoms with Gasteiger partial charge in [-0.15, -0.1) is 0 Å². The second-order valence-corrected chi connectivity index (χ2v) is 6.84. The Labute approximate surface area is 152 Å². The Hall–Kier alpha value is -2.39. The van der Waals surface area contributed by atoms with E-state index in [1.807, 2.05) is 58.0 Å². The predicted octanol–water partition coefficient (Wildman–Crippen LogP) is 5.68. The number of hydrogen-bond donors (Lipinski definition) is 0. The molecule has 3 nitrogen and oxygen atoms in total. The summed E-state index contributed by atoms with van der Waals surface area (Å²) in [6.45, 7) is 7.97. The summed E-state index contributed by atoms with van der Waals surface area (Å²) in [5, 5.41) is 0.319. The number of fused-ring (bicyclic) bond motifs is 1. The molecular weight excluding hydrogens is 334 g/mol. The van der Waals surface area contributed by atoms with E-state index in [2.05, 4.69) is 6.07 Å². The highest BCUT2D eigenvalue weighted by Gasteiger charge is 2.14. The van der Waals surface area contributed by atoms with Crippen LogP contribution < -0.4 is 4.74 Å². The monoisotopic (exact) mass is 353 g/mol. The van der Waals surface area contributed by atoms with Gasteiger partial charge in [0.15, 0.2) is 0 Å². The zero-order valence-corrected chi connectivity index (χ0v) is 15.5. The summed E-state index contributed by atoms with van der Waals surface area (Å²) in [6.07, 6.45) is 0.121. The molecule has 0 saturated carbocycles. The average molecular weight is 354 g/mol. The van der Waals surface area contributed by atoms with Gasteiger partial charge >= 0.3 is 0 Å². The van der Waals surface area contributed by atoms with E-state index < -0.39 is 5.24 Å². The lowest BCUT2D eigenvalue weighted by Gasteiger charge is -2.12. The number of rotatable bonds is 4. The quantitative estimate of drug-likeness (QED) is 0.566. The van der Waals surface area contributed by atoms with Crippen molar-refractivity contribution in [3.8, 4) is 17.0 Å². The lowest BCUT2D eigenvalue weighted by molar-refractivity contribution is 0.108. The number of carbonyl (C=O) groups excluding carboxylic acids is 1. The molecule has 128 valence electrons. The van der Waals surface area contributed by atoms with Crippen molar-refractivity contribution in [3.63, 3.8) is 0 Å². The minimum Gasteiger partial charge on any atom is -0.491 e. The average Bonchev–Trinajstić information content (AvgIpc) is 2.54. The molecule has 0 N–H and O–H groups in total. The molecule has 3 aromatic rings. The molecule has 0 fully saturated rings. The maximum absolute atomic E-state index is 12.0. The molecule has 3 rings (SSSR count). The first-order valence-corrected chi connectivity index (χ1v) is 8.62. The van der Waals surface area contributed by atoms with Crippen LogP contribution in [-0.4, -0.2) is 16.3 Å². The predicted molar refractivity (Wildman–Crippen MR) is 103 cm³/mol. The van der Waals surface area contributed by atoms with Crippen molar-refractivity contribution in [1.82, 2.24) is 4.98 Å². The van der Waals surface area contributed by atoms with Gasteiger partial charge < -0.3 is 4.74 Å². The molecule has 0 bridgehead atoms. The third-order valence-electron chi connectivity index (χ3n) is 3.98. The van der Waals surface area contributed by atoms with Crippen LogP contribution >= 0.6 is 11.6 Å². The maximum atomic E-state index is 12.0. The Balaban J connectivity index is 2.15. The number of aryl methyl sites for hydroxylation is 2. The molecule has 0 aliphatic rings. The lowest BCUT2D eigenvalue weighted by Crippen LogP contribution is -2.05. The molecule has 0 saturated heterocycles. The van der Waals surface area contributed by atoms with E-state index in [9.17, 15) is 4.79 Å². The number of carbonyl (C=O) groups is 1. The molecule has 0 radical (unpaired) electrons. The normalized spacial score (nSPS) is 11.1. The van der Waals surface area contributed by atoms with Crippen LogP contribution in [0.3, 0.4) is 0 Å². The van der Waals surface area contributed by atoms with Gasteiger partial charge in [-0.05, 0) is 81.3 Å². The summed E-state index contributed by atoms with van der Waals surface area (Å²) in [5.74, 6) is 0.806. The zero-order chi connectivity index (χ0) is 18.1. The molecular formula is C21H20ClNO2. The molecule has 4 heteroatoms. The second kappa shape index (κ2) is 6.85. The van der Waals surface area contributed by atoms with E-state index in [-0.39, 0.29) is 6.10 Å². The number of hydrogen-bond acceptors (Lipinski definition) is 3. The van der Waals surface area contributed by atoms with Crippen LogP contribution in [0.5, 0.6) is 5.75 Å². The Bertz CT molecular complexity index is 946. The van der Waals surface area contributed by atoms with Crippen molar-refractivity contribution >= 4 is 27.7 Å². The summed E-state index contributed by atoms with van der Waals surface area (Å²) >= 11 is 5.84. The first kappa shape index (κ1) is 17.4. The van der Waals surface area contributed by atoms with Gasteiger partial charge in [0, 0.05) is 16.5 Å². The number of nitrogens with zero attached hydrogens (tertiary/aromatic N) is 1. The third-order valence-corrected chi connectivity index (χ3v) is 4.19. The fourth-order valence-corrected chi connectivity index (χ4v) is 3.12. The molecule has 1 heterocycles. The van der Waals surface area contributed by atoms with Crippen LogP contribution in [-0.2, 0) is 0 Å². The van der Waals surface area contributed by atoms with Crippen molar-refractivity contribution in [1.29, 1.82) is 0 Å². The zero-order valence-electron chi connectivity index (χ0n) is 14.8. The molecule has 0 aliphatic heterocycles. The van der Waals surface area contributed by atoms with E-state index in [0.717, 1.165) is 39.0 Å². The van der Waals surface area contributed by atoms with Crippen LogP contribution in [0.25, 0.3) is 22.2 Å². The van der Waals surface area contributed by atoms with Crippen LogP contribution in [0.1, 0.15) is 35.3 Å². The van der Waals surface area contributed by atoms with Gasteiger partial charge in [0.1, 0.15) is 5.75 Å². The Kier molecular flexibility index (Phi) is 4.78. The summed E-state index contributed by atoms with van der Waals surface area (Å²) < 4.78 is 5.67. The molecule has 0 amide bonds. The van der Waals surface area contributed by atoms with Gasteiger partial charge in [-0.25, -0.2) is 4.98 Å². The van der Waals surface area contributed by atoms with E-state index in [0.29, 0.717) is 5.56 Å². The van der Waals surface area contributed by atoms with Crippen LogP contribution in [0.4, 0.5) is 0 Å². The summed E-state index contributed by atoms with van der Waals surface area (Å²) in [7, 11) is 0. The Morgan fingerprint density at radius 1 is 1.08 bits per heavy atom. The van der Waals surface area contributed by atoms with Gasteiger partial charge in [-0.1, -0.05) is 11.6 Å². The molecule has 1 aromatic heterocycles. The summed E-state index contributed by atoms with van der Waals surface area (Å²) in [6, 6.07) is 13.5. The van der Waals surface area contributed by atoms with Crippen molar-refractivity contribution in [2.45, 2.75) is 33.8 Å². The van der Waals surface area contributed by atoms with Crippen LogP contribution in [0, 0.1) is 13.8 Å². The van der Waals surface area contributed by atoms with Gasteiger partial charge in [0.05, 0.1) is 17.3 Å². The SMILES string of the molecule is Cc1cc(C)c2nc(-c3ccc(OC(C)C)cc3)cc(C(=O)Cl)c2c1. The summed E-state index contributed by atoms with van der Waals surface area (Å²) in [5.41, 5.74) is 5.02.